The van der Waals surface area contributed by atoms with Crippen LogP contribution >= 0.6 is 11.8 Å². The Bertz CT molecular complexity index is 1300. The van der Waals surface area contributed by atoms with Crippen LogP contribution in [0.25, 0.3) is 0 Å². The summed E-state index contributed by atoms with van der Waals surface area (Å²) in [6, 6.07) is 16.5. The summed E-state index contributed by atoms with van der Waals surface area (Å²) in [4.78, 5) is 32.7. The molecule has 3 aliphatic heterocycles. The second kappa shape index (κ2) is 8.90. The molecule has 0 aliphatic carbocycles. The number of carbonyl (C=O) groups is 2. The summed E-state index contributed by atoms with van der Waals surface area (Å²) in [5.41, 5.74) is 3.30. The molecule has 4 heterocycles. The number of aromatic nitrogens is 1. The summed E-state index contributed by atoms with van der Waals surface area (Å²) in [6.45, 7) is 3.63. The lowest BCUT2D eigenvalue weighted by molar-refractivity contribution is -0.121. The minimum absolute atomic E-state index is 0.0648. The van der Waals surface area contributed by atoms with Gasteiger partial charge in [0.25, 0.3) is 0 Å². The van der Waals surface area contributed by atoms with Crippen LogP contribution < -0.4 is 25.6 Å². The maximum absolute atomic E-state index is 13.4. The Balaban J connectivity index is 1.29. The van der Waals surface area contributed by atoms with E-state index in [1.54, 1.807) is 11.1 Å². The zero-order chi connectivity index (χ0) is 23.9. The first kappa shape index (κ1) is 21.9. The van der Waals surface area contributed by atoms with Gasteiger partial charge in [0.05, 0.1) is 17.4 Å². The summed E-state index contributed by atoms with van der Waals surface area (Å²) >= 11 is 1.42. The molecule has 35 heavy (non-hydrogen) atoms. The second-order valence-electron chi connectivity index (χ2n) is 8.91. The van der Waals surface area contributed by atoms with Crippen LogP contribution in [-0.4, -0.2) is 41.3 Å². The molecule has 2 unspecified atom stereocenters. The molecule has 3 aromatic rings. The number of hydrogen-bond acceptors (Lipinski definition) is 6. The highest BCUT2D eigenvalue weighted by molar-refractivity contribution is 8.01. The highest BCUT2D eigenvalue weighted by atomic mass is 32.2. The zero-order valence-corrected chi connectivity index (χ0v) is 20.0. The van der Waals surface area contributed by atoms with Gasteiger partial charge in [-0.2, -0.15) is 0 Å². The fourth-order valence-electron chi connectivity index (χ4n) is 4.89. The lowest BCUT2D eigenvalue weighted by Crippen LogP contribution is -2.50. The largest absolute Gasteiger partial charge is 0.457 e. The second-order valence-corrected chi connectivity index (χ2v) is 10.0. The third kappa shape index (κ3) is 4.00. The number of urea groups is 1. The van der Waals surface area contributed by atoms with E-state index < -0.39 is 11.3 Å². The van der Waals surface area contributed by atoms with Gasteiger partial charge in [0.1, 0.15) is 21.8 Å². The molecule has 3 aliphatic rings. The van der Waals surface area contributed by atoms with Crippen LogP contribution in [0.2, 0.25) is 0 Å². The number of pyridine rings is 1. The van der Waals surface area contributed by atoms with Gasteiger partial charge in [0.15, 0.2) is 0 Å². The SMILES string of the molecule is Cc1cc(Oc2ccccc2)ccc1N1C(=O)NC2c3c1ccnc3SC2C(=O)N[C@@H]1CCNC1. The van der Waals surface area contributed by atoms with Crippen LogP contribution in [-0.2, 0) is 4.79 Å². The molecule has 6 rings (SSSR count). The van der Waals surface area contributed by atoms with Crippen molar-refractivity contribution in [3.63, 3.8) is 0 Å². The summed E-state index contributed by atoms with van der Waals surface area (Å²) in [7, 11) is 0. The Morgan fingerprint density at radius 2 is 2.00 bits per heavy atom. The predicted octanol–water partition coefficient (Wildman–Crippen LogP) is 4.04. The van der Waals surface area contributed by atoms with Crippen molar-refractivity contribution in [2.24, 2.45) is 0 Å². The highest BCUT2D eigenvalue weighted by Crippen LogP contribution is 2.51. The van der Waals surface area contributed by atoms with Crippen LogP contribution in [0.15, 0.2) is 65.8 Å². The number of nitrogens with one attached hydrogen (secondary N) is 3. The highest BCUT2D eigenvalue weighted by Gasteiger charge is 2.47. The molecule has 0 saturated carbocycles. The predicted molar refractivity (Wildman–Crippen MR) is 134 cm³/mol. The zero-order valence-electron chi connectivity index (χ0n) is 19.2. The van der Waals surface area contributed by atoms with Crippen molar-refractivity contribution < 1.29 is 14.3 Å². The minimum atomic E-state index is -0.451. The smallest absolute Gasteiger partial charge is 0.327 e. The Morgan fingerprint density at radius 1 is 1.14 bits per heavy atom. The number of hydrogen-bond donors (Lipinski definition) is 3. The van der Waals surface area contributed by atoms with Crippen molar-refractivity contribution in [3.8, 4) is 11.5 Å². The molecule has 9 heteroatoms. The molecule has 0 radical (unpaired) electrons. The lowest BCUT2D eigenvalue weighted by Gasteiger charge is -2.35. The minimum Gasteiger partial charge on any atom is -0.457 e. The van der Waals surface area contributed by atoms with Crippen LogP contribution in [0.5, 0.6) is 11.5 Å². The van der Waals surface area contributed by atoms with Crippen molar-refractivity contribution in [3.05, 3.63) is 71.9 Å². The number of ether oxygens (including phenoxy) is 1. The summed E-state index contributed by atoms with van der Waals surface area (Å²) in [5, 5.41) is 9.80. The lowest BCUT2D eigenvalue weighted by atomic mass is 9.99. The average molecular weight is 488 g/mol. The molecule has 0 bridgehead atoms. The summed E-state index contributed by atoms with van der Waals surface area (Å²) < 4.78 is 5.96. The molecule has 178 valence electrons. The van der Waals surface area contributed by atoms with Crippen molar-refractivity contribution in [1.29, 1.82) is 0 Å². The van der Waals surface area contributed by atoms with Gasteiger partial charge in [0.2, 0.25) is 5.91 Å². The first-order chi connectivity index (χ1) is 17.1. The third-order valence-electron chi connectivity index (χ3n) is 6.56. The number of para-hydroxylation sites is 1. The Kier molecular flexibility index (Phi) is 5.58. The summed E-state index contributed by atoms with van der Waals surface area (Å²) in [5.74, 6) is 1.38. The molecule has 2 aromatic carbocycles. The fourth-order valence-corrected chi connectivity index (χ4v) is 6.13. The third-order valence-corrected chi connectivity index (χ3v) is 7.85. The molecule has 1 saturated heterocycles. The molecule has 3 N–H and O–H groups in total. The number of nitrogens with zero attached hydrogens (tertiary/aromatic N) is 2. The van der Waals surface area contributed by atoms with Crippen LogP contribution in [0.4, 0.5) is 16.2 Å². The van der Waals surface area contributed by atoms with E-state index in [2.05, 4.69) is 20.9 Å². The average Bonchev–Trinajstić information content (AvgIpc) is 3.50. The van der Waals surface area contributed by atoms with E-state index in [4.69, 9.17) is 4.74 Å². The van der Waals surface area contributed by atoms with Crippen LogP contribution in [0.1, 0.15) is 23.6 Å². The number of thioether (sulfide) groups is 1. The van der Waals surface area contributed by atoms with Gasteiger partial charge in [-0.05, 0) is 61.9 Å². The van der Waals surface area contributed by atoms with Crippen molar-refractivity contribution in [2.75, 3.05) is 18.0 Å². The van der Waals surface area contributed by atoms with Gasteiger partial charge >= 0.3 is 6.03 Å². The fraction of sp³-hybridized carbons (Fsp3) is 0.269. The Hall–Kier alpha value is -3.56. The molecular formula is C26H25N5O3S. The maximum atomic E-state index is 13.4. The number of amides is 3. The first-order valence-electron chi connectivity index (χ1n) is 11.7. The van der Waals surface area contributed by atoms with E-state index in [0.29, 0.717) is 5.75 Å². The normalized spacial score (nSPS) is 22.5. The van der Waals surface area contributed by atoms with E-state index in [9.17, 15) is 9.59 Å². The molecule has 3 amide bonds. The number of carbonyl (C=O) groups excluding carboxylic acids is 2. The van der Waals surface area contributed by atoms with E-state index >= 15 is 0 Å². The quantitative estimate of drug-likeness (QED) is 0.503. The van der Waals surface area contributed by atoms with E-state index in [0.717, 1.165) is 52.8 Å². The number of benzene rings is 2. The van der Waals surface area contributed by atoms with Crippen LogP contribution in [0, 0.1) is 6.92 Å². The van der Waals surface area contributed by atoms with Crippen molar-refractivity contribution in [2.45, 2.75) is 35.7 Å². The summed E-state index contributed by atoms with van der Waals surface area (Å²) in [6.07, 6.45) is 2.61. The first-order valence-corrected chi connectivity index (χ1v) is 12.6. The Labute approximate surface area is 207 Å². The van der Waals surface area contributed by atoms with Gasteiger partial charge in [-0.3, -0.25) is 9.69 Å². The monoisotopic (exact) mass is 487 g/mol. The Morgan fingerprint density at radius 3 is 2.77 bits per heavy atom. The van der Waals surface area contributed by atoms with E-state index in [1.807, 2.05) is 61.5 Å². The number of rotatable bonds is 5. The van der Waals surface area contributed by atoms with Gasteiger partial charge < -0.3 is 20.7 Å². The molecule has 8 nitrogen and oxygen atoms in total. The molecular weight excluding hydrogens is 462 g/mol. The van der Waals surface area contributed by atoms with Crippen molar-refractivity contribution in [1.82, 2.24) is 20.9 Å². The van der Waals surface area contributed by atoms with Crippen molar-refractivity contribution >= 4 is 35.1 Å². The topological polar surface area (TPSA) is 95.6 Å². The van der Waals surface area contributed by atoms with Gasteiger partial charge in [-0.15, -0.1) is 0 Å². The standard InChI is InChI=1S/C26H25N5O3S/c1-15-13-18(34-17-5-3-2-4-6-17)7-8-19(15)31-20-10-12-28-25-21(20)22(30-26(31)33)23(35-25)24(32)29-16-9-11-27-14-16/h2-8,10,12-13,16,22-23,27H,9,11,14H2,1H3,(H,29,32)(H,30,33)/t16-,22?,23?/m1/s1. The molecule has 3 atom stereocenters. The van der Waals surface area contributed by atoms with Gasteiger partial charge in [0, 0.05) is 24.3 Å². The van der Waals surface area contributed by atoms with Gasteiger partial charge in [-0.25, -0.2) is 9.78 Å². The molecule has 1 fully saturated rings. The number of aryl methyl sites for hydroxylation is 1. The van der Waals surface area contributed by atoms with E-state index in [-0.39, 0.29) is 18.0 Å². The van der Waals surface area contributed by atoms with Crippen LogP contribution in [0.3, 0.4) is 0 Å². The van der Waals surface area contributed by atoms with E-state index in [1.165, 1.54) is 11.8 Å². The number of anilines is 2. The molecule has 0 spiro atoms. The molecule has 1 aromatic heterocycles. The van der Waals surface area contributed by atoms with Gasteiger partial charge in [-0.1, -0.05) is 30.0 Å². The maximum Gasteiger partial charge on any atom is 0.327 e.